The normalized spacial score (nSPS) is 10.9. The van der Waals surface area contributed by atoms with Gasteiger partial charge in [0.15, 0.2) is 16.7 Å². The van der Waals surface area contributed by atoms with Gasteiger partial charge in [0.25, 0.3) is 5.91 Å². The lowest BCUT2D eigenvalue weighted by atomic mass is 10.2. The van der Waals surface area contributed by atoms with Crippen LogP contribution in [0.25, 0.3) is 0 Å². The zero-order valence-electron chi connectivity index (χ0n) is 18.3. The molecule has 33 heavy (non-hydrogen) atoms. The highest BCUT2D eigenvalue weighted by atomic mass is 79.9. The van der Waals surface area contributed by atoms with E-state index < -0.39 is 0 Å². The van der Waals surface area contributed by atoms with E-state index in [4.69, 9.17) is 9.47 Å². The van der Waals surface area contributed by atoms with Crippen molar-refractivity contribution in [3.05, 3.63) is 73.9 Å². The number of hydrogen-bond donors (Lipinski definition) is 1. The maximum Gasteiger partial charge on any atom is 0.250 e. The first-order valence-electron chi connectivity index (χ1n) is 9.86. The number of carbonyl (C=O) groups is 1. The van der Waals surface area contributed by atoms with Crippen LogP contribution in [0.15, 0.2) is 61.7 Å². The second kappa shape index (κ2) is 12.2. The number of hydrogen-bond acceptors (Lipinski definition) is 7. The lowest BCUT2D eigenvalue weighted by Gasteiger charge is -2.13. The van der Waals surface area contributed by atoms with Gasteiger partial charge in [-0.15, -0.1) is 0 Å². The monoisotopic (exact) mass is 592 g/mol. The molecule has 172 valence electrons. The van der Waals surface area contributed by atoms with Gasteiger partial charge in [-0.1, -0.05) is 39.8 Å². The second-order valence-corrected chi connectivity index (χ2v) is 9.67. The Kier molecular flexibility index (Phi) is 9.28. The Morgan fingerprint density at radius 3 is 2.45 bits per heavy atom. The number of aryl methyl sites for hydroxylation is 2. The van der Waals surface area contributed by atoms with Crippen LogP contribution in [0.5, 0.6) is 11.5 Å². The molecule has 0 aliphatic rings. The number of amides is 1. The van der Waals surface area contributed by atoms with Gasteiger partial charge in [-0.05, 0) is 65.7 Å². The topological polar surface area (TPSA) is 85.7 Å². The molecule has 1 heterocycles. The molecule has 0 saturated carbocycles. The molecule has 10 heteroatoms. The smallest absolute Gasteiger partial charge is 0.250 e. The fourth-order valence-corrected chi connectivity index (χ4v) is 4.19. The van der Waals surface area contributed by atoms with E-state index >= 15 is 0 Å². The van der Waals surface area contributed by atoms with Gasteiger partial charge in [0, 0.05) is 25.9 Å². The van der Waals surface area contributed by atoms with Crippen molar-refractivity contribution in [3.63, 3.8) is 0 Å². The quantitative estimate of drug-likeness (QED) is 0.154. The van der Waals surface area contributed by atoms with Crippen LogP contribution >= 0.6 is 43.6 Å². The minimum absolute atomic E-state index is 0.160. The third-order valence-corrected chi connectivity index (χ3v) is 6.34. The zero-order valence-corrected chi connectivity index (χ0v) is 22.3. The van der Waals surface area contributed by atoms with E-state index in [1.165, 1.54) is 11.8 Å². The van der Waals surface area contributed by atoms with E-state index in [1.54, 1.807) is 19.4 Å². The van der Waals surface area contributed by atoms with E-state index in [9.17, 15) is 4.79 Å². The van der Waals surface area contributed by atoms with Crippen molar-refractivity contribution in [2.75, 3.05) is 12.9 Å². The predicted octanol–water partition coefficient (Wildman–Crippen LogP) is 5.45. The number of aromatic nitrogens is 2. The summed E-state index contributed by atoms with van der Waals surface area (Å²) < 4.78 is 13.2. The Bertz CT molecular complexity index is 1140. The molecule has 3 aromatic rings. The van der Waals surface area contributed by atoms with Crippen LogP contribution in [0, 0.1) is 13.8 Å². The van der Waals surface area contributed by atoms with Gasteiger partial charge in [-0.25, -0.2) is 15.4 Å². The summed E-state index contributed by atoms with van der Waals surface area (Å²) in [5, 5.41) is 4.61. The largest absolute Gasteiger partial charge is 0.493 e. The fraction of sp³-hybridized carbons (Fsp3) is 0.217. The number of carbonyl (C=O) groups excluding carboxylic acids is 1. The molecular formula is C23H22Br2N4O3S. The Morgan fingerprint density at radius 1 is 1.09 bits per heavy atom. The molecular weight excluding hydrogens is 572 g/mol. The predicted molar refractivity (Wildman–Crippen MR) is 137 cm³/mol. The third kappa shape index (κ3) is 7.83. The number of benzene rings is 2. The summed E-state index contributed by atoms with van der Waals surface area (Å²) in [6, 6.07) is 13.4. The van der Waals surface area contributed by atoms with Crippen LogP contribution in [0.4, 0.5) is 0 Å². The number of nitrogens with one attached hydrogen (secondary N) is 1. The summed E-state index contributed by atoms with van der Waals surface area (Å²) >= 11 is 8.21. The van der Waals surface area contributed by atoms with Crippen molar-refractivity contribution in [2.24, 2.45) is 5.10 Å². The molecule has 0 aliphatic carbocycles. The van der Waals surface area contributed by atoms with Crippen LogP contribution in [0.3, 0.4) is 0 Å². The van der Waals surface area contributed by atoms with Crippen molar-refractivity contribution in [1.29, 1.82) is 0 Å². The summed E-state index contributed by atoms with van der Waals surface area (Å²) in [7, 11) is 1.57. The number of methoxy groups -OCH3 is 1. The van der Waals surface area contributed by atoms with Crippen molar-refractivity contribution in [1.82, 2.24) is 15.4 Å². The summed E-state index contributed by atoms with van der Waals surface area (Å²) in [5.74, 6) is 1.06. The SMILES string of the molecule is COc1cc(/C=N\NC(=O)CSc2nc(C)cc(C)n2)c(Br)cc1OCc1ccc(Br)cc1. The Labute approximate surface area is 213 Å². The molecule has 7 nitrogen and oxygen atoms in total. The number of ether oxygens (including phenoxy) is 2. The van der Waals surface area contributed by atoms with E-state index in [0.717, 1.165) is 31.5 Å². The first kappa shape index (κ1) is 25.2. The maximum atomic E-state index is 12.1. The van der Waals surface area contributed by atoms with E-state index in [0.29, 0.717) is 23.3 Å². The number of thioether (sulfide) groups is 1. The highest BCUT2D eigenvalue weighted by Crippen LogP contribution is 2.33. The van der Waals surface area contributed by atoms with Crippen molar-refractivity contribution in [2.45, 2.75) is 25.6 Å². The highest BCUT2D eigenvalue weighted by Gasteiger charge is 2.10. The lowest BCUT2D eigenvalue weighted by Crippen LogP contribution is -2.19. The molecule has 0 spiro atoms. The fourth-order valence-electron chi connectivity index (χ4n) is 2.76. The average molecular weight is 594 g/mol. The van der Waals surface area contributed by atoms with E-state index in [1.807, 2.05) is 50.2 Å². The Balaban J connectivity index is 1.58. The molecule has 0 aliphatic heterocycles. The van der Waals surface area contributed by atoms with Crippen LogP contribution in [-0.4, -0.2) is 35.0 Å². The zero-order chi connectivity index (χ0) is 23.8. The summed E-state index contributed by atoms with van der Waals surface area (Å²) in [5.41, 5.74) is 6.02. The molecule has 0 atom stereocenters. The summed E-state index contributed by atoms with van der Waals surface area (Å²) in [4.78, 5) is 20.7. The third-order valence-electron chi connectivity index (χ3n) is 4.28. The van der Waals surface area contributed by atoms with E-state index in [-0.39, 0.29) is 11.7 Å². The molecule has 1 aromatic heterocycles. The Morgan fingerprint density at radius 2 is 1.79 bits per heavy atom. The average Bonchev–Trinajstić information content (AvgIpc) is 2.78. The van der Waals surface area contributed by atoms with Gasteiger partial charge >= 0.3 is 0 Å². The van der Waals surface area contributed by atoms with E-state index in [2.05, 4.69) is 52.4 Å². The number of nitrogens with zero attached hydrogens (tertiary/aromatic N) is 3. The second-order valence-electron chi connectivity index (χ2n) is 6.95. The van der Waals surface area contributed by atoms with Gasteiger partial charge in [0.05, 0.1) is 19.1 Å². The van der Waals surface area contributed by atoms with Crippen molar-refractivity contribution in [3.8, 4) is 11.5 Å². The van der Waals surface area contributed by atoms with Crippen LogP contribution in [0.1, 0.15) is 22.5 Å². The number of rotatable bonds is 9. The molecule has 0 fully saturated rings. The highest BCUT2D eigenvalue weighted by molar-refractivity contribution is 9.10. The minimum atomic E-state index is -0.253. The van der Waals surface area contributed by atoms with Crippen molar-refractivity contribution < 1.29 is 14.3 Å². The summed E-state index contributed by atoms with van der Waals surface area (Å²) in [6.45, 7) is 4.19. The van der Waals surface area contributed by atoms with Crippen molar-refractivity contribution >= 4 is 55.7 Å². The summed E-state index contributed by atoms with van der Waals surface area (Å²) in [6.07, 6.45) is 1.54. The van der Waals surface area contributed by atoms with Crippen LogP contribution in [-0.2, 0) is 11.4 Å². The van der Waals surface area contributed by atoms with Crippen LogP contribution in [0.2, 0.25) is 0 Å². The molecule has 0 radical (unpaired) electrons. The molecule has 1 amide bonds. The van der Waals surface area contributed by atoms with Gasteiger partial charge < -0.3 is 9.47 Å². The Hall–Kier alpha value is -2.43. The standard InChI is InChI=1S/C23H22Br2N4O3S/c1-14-8-15(2)28-23(27-14)33-13-22(30)29-26-11-17-9-20(31-3)21(10-19(17)25)32-12-16-4-6-18(24)7-5-16/h4-11H,12-13H2,1-3H3,(H,29,30)/b26-11-. The lowest BCUT2D eigenvalue weighted by molar-refractivity contribution is -0.118. The number of hydrazone groups is 1. The van der Waals surface area contributed by atoms with Gasteiger partial charge in [0.1, 0.15) is 6.61 Å². The van der Waals surface area contributed by atoms with Gasteiger partial charge in [-0.3, -0.25) is 4.79 Å². The molecule has 1 N–H and O–H groups in total. The first-order chi connectivity index (χ1) is 15.8. The molecule has 3 rings (SSSR count). The first-order valence-corrected chi connectivity index (χ1v) is 12.4. The minimum Gasteiger partial charge on any atom is -0.493 e. The van der Waals surface area contributed by atoms with Crippen LogP contribution < -0.4 is 14.9 Å². The van der Waals surface area contributed by atoms with Gasteiger partial charge in [-0.2, -0.15) is 5.10 Å². The van der Waals surface area contributed by atoms with Gasteiger partial charge in [0.2, 0.25) is 0 Å². The maximum absolute atomic E-state index is 12.1. The number of halogens is 2. The molecule has 2 aromatic carbocycles. The molecule has 0 saturated heterocycles. The molecule has 0 unspecified atom stereocenters. The molecule has 0 bridgehead atoms.